The van der Waals surface area contributed by atoms with Crippen LogP contribution in [0, 0.1) is 5.82 Å². The SMILES string of the molecule is Cn1ccc(C(=O)N2CCC(c3c(F)cnc4[nH]ccc34)CC2)cc1=O. The Labute approximate surface area is 149 Å². The minimum absolute atomic E-state index is 0.0454. The van der Waals surface area contributed by atoms with E-state index in [0.717, 1.165) is 5.39 Å². The fourth-order valence-electron chi connectivity index (χ4n) is 3.65. The zero-order chi connectivity index (χ0) is 18.3. The van der Waals surface area contributed by atoms with Crippen molar-refractivity contribution in [1.29, 1.82) is 0 Å². The van der Waals surface area contributed by atoms with E-state index in [1.807, 2.05) is 6.07 Å². The van der Waals surface area contributed by atoms with Crippen LogP contribution in [0.4, 0.5) is 4.39 Å². The quantitative estimate of drug-likeness (QED) is 0.768. The number of amides is 1. The molecule has 6 nitrogen and oxygen atoms in total. The molecule has 0 bridgehead atoms. The zero-order valence-corrected chi connectivity index (χ0v) is 14.4. The number of pyridine rings is 2. The second-order valence-corrected chi connectivity index (χ2v) is 6.69. The number of rotatable bonds is 2. The number of halogens is 1. The first-order valence-electron chi connectivity index (χ1n) is 8.62. The van der Waals surface area contributed by atoms with Crippen LogP contribution in [0.25, 0.3) is 11.0 Å². The van der Waals surface area contributed by atoms with E-state index in [4.69, 9.17) is 0 Å². The van der Waals surface area contributed by atoms with Crippen molar-refractivity contribution in [3.8, 4) is 0 Å². The molecular weight excluding hydrogens is 335 g/mol. The third kappa shape index (κ3) is 2.79. The van der Waals surface area contributed by atoms with Crippen molar-refractivity contribution < 1.29 is 9.18 Å². The first-order valence-corrected chi connectivity index (χ1v) is 8.62. The number of carbonyl (C=O) groups is 1. The standard InChI is InChI=1S/C19H19FN4O2/c1-23-7-3-13(10-16(23)25)19(26)24-8-4-12(5-9-24)17-14-2-6-21-18(14)22-11-15(17)20/h2-3,6-7,10-12H,4-5,8-9H2,1H3,(H,21,22). The van der Waals surface area contributed by atoms with Gasteiger partial charge in [-0.3, -0.25) is 9.59 Å². The predicted molar refractivity (Wildman–Crippen MR) is 95.6 cm³/mol. The highest BCUT2D eigenvalue weighted by Crippen LogP contribution is 2.34. The van der Waals surface area contributed by atoms with E-state index < -0.39 is 0 Å². The first kappa shape index (κ1) is 16.5. The van der Waals surface area contributed by atoms with Crippen LogP contribution in [-0.4, -0.2) is 38.4 Å². The van der Waals surface area contributed by atoms with Crippen molar-refractivity contribution in [2.75, 3.05) is 13.1 Å². The summed E-state index contributed by atoms with van der Waals surface area (Å²) >= 11 is 0. The second kappa shape index (κ2) is 6.40. The molecule has 134 valence electrons. The maximum absolute atomic E-state index is 14.4. The lowest BCUT2D eigenvalue weighted by atomic mass is 9.87. The summed E-state index contributed by atoms with van der Waals surface area (Å²) in [5.41, 5.74) is 1.55. The highest BCUT2D eigenvalue weighted by molar-refractivity contribution is 5.94. The van der Waals surface area contributed by atoms with Gasteiger partial charge >= 0.3 is 0 Å². The van der Waals surface area contributed by atoms with Gasteiger partial charge in [0.2, 0.25) is 0 Å². The Morgan fingerprint density at radius 2 is 2.08 bits per heavy atom. The van der Waals surface area contributed by atoms with Crippen molar-refractivity contribution in [1.82, 2.24) is 19.4 Å². The van der Waals surface area contributed by atoms with E-state index in [-0.39, 0.29) is 23.2 Å². The summed E-state index contributed by atoms with van der Waals surface area (Å²) in [5, 5.41) is 0.807. The number of nitrogens with zero attached hydrogens (tertiary/aromatic N) is 3. The fraction of sp³-hybridized carbons (Fsp3) is 0.316. The van der Waals surface area contributed by atoms with Crippen molar-refractivity contribution in [2.24, 2.45) is 7.05 Å². The summed E-state index contributed by atoms with van der Waals surface area (Å²) in [6.45, 7) is 1.07. The molecule has 0 unspecified atom stereocenters. The third-order valence-electron chi connectivity index (χ3n) is 5.12. The lowest BCUT2D eigenvalue weighted by molar-refractivity contribution is 0.0712. The maximum atomic E-state index is 14.4. The van der Waals surface area contributed by atoms with Gasteiger partial charge in [0.1, 0.15) is 11.5 Å². The molecule has 3 aromatic heterocycles. The van der Waals surface area contributed by atoms with E-state index in [9.17, 15) is 14.0 Å². The van der Waals surface area contributed by atoms with Crippen LogP contribution < -0.4 is 5.56 Å². The molecule has 4 rings (SSSR count). The van der Waals surface area contributed by atoms with E-state index >= 15 is 0 Å². The molecule has 0 aliphatic carbocycles. The Morgan fingerprint density at radius 1 is 1.31 bits per heavy atom. The molecule has 0 atom stereocenters. The molecule has 4 heterocycles. The lowest BCUT2D eigenvalue weighted by Gasteiger charge is -2.32. The number of carbonyl (C=O) groups excluding carboxylic acids is 1. The molecule has 1 amide bonds. The van der Waals surface area contributed by atoms with E-state index in [0.29, 0.717) is 42.7 Å². The average molecular weight is 354 g/mol. The van der Waals surface area contributed by atoms with Gasteiger partial charge in [-0.2, -0.15) is 0 Å². The average Bonchev–Trinajstić information content (AvgIpc) is 3.12. The summed E-state index contributed by atoms with van der Waals surface area (Å²) < 4.78 is 15.8. The number of likely N-dealkylation sites (tertiary alicyclic amines) is 1. The minimum atomic E-state index is -0.298. The third-order valence-corrected chi connectivity index (χ3v) is 5.12. The van der Waals surface area contributed by atoms with Gasteiger partial charge in [0.05, 0.1) is 6.20 Å². The number of aryl methyl sites for hydroxylation is 1. The van der Waals surface area contributed by atoms with Crippen molar-refractivity contribution >= 4 is 16.9 Å². The molecule has 0 spiro atoms. The molecule has 1 saturated heterocycles. The Kier molecular flexibility index (Phi) is 4.06. The van der Waals surface area contributed by atoms with Crippen LogP contribution in [0.2, 0.25) is 0 Å². The normalized spacial score (nSPS) is 15.5. The Morgan fingerprint density at radius 3 is 2.81 bits per heavy atom. The fourth-order valence-corrected chi connectivity index (χ4v) is 3.65. The van der Waals surface area contributed by atoms with Crippen LogP contribution in [0.3, 0.4) is 0 Å². The van der Waals surface area contributed by atoms with Crippen LogP contribution in [-0.2, 0) is 7.05 Å². The summed E-state index contributed by atoms with van der Waals surface area (Å²) in [4.78, 5) is 33.2. The van der Waals surface area contributed by atoms with Gasteiger partial charge in [-0.1, -0.05) is 0 Å². The minimum Gasteiger partial charge on any atom is -0.346 e. The lowest BCUT2D eigenvalue weighted by Crippen LogP contribution is -2.38. The molecule has 0 aromatic carbocycles. The van der Waals surface area contributed by atoms with Crippen LogP contribution in [0.15, 0.2) is 41.6 Å². The number of aromatic amines is 1. The Hall–Kier alpha value is -2.96. The summed E-state index contributed by atoms with van der Waals surface area (Å²) in [6.07, 6.45) is 5.97. The number of hydrogen-bond donors (Lipinski definition) is 1. The Balaban J connectivity index is 1.52. The van der Waals surface area contributed by atoms with Gasteiger partial charge in [-0.15, -0.1) is 0 Å². The maximum Gasteiger partial charge on any atom is 0.254 e. The molecule has 0 saturated carbocycles. The van der Waals surface area contributed by atoms with E-state index in [1.54, 1.807) is 30.4 Å². The molecule has 1 fully saturated rings. The van der Waals surface area contributed by atoms with Gasteiger partial charge in [0.25, 0.3) is 11.5 Å². The second-order valence-electron chi connectivity index (χ2n) is 6.69. The number of piperidine rings is 1. The molecule has 3 aromatic rings. The number of hydrogen-bond acceptors (Lipinski definition) is 3. The molecular formula is C19H19FN4O2. The molecule has 1 N–H and O–H groups in total. The highest BCUT2D eigenvalue weighted by atomic mass is 19.1. The molecule has 0 radical (unpaired) electrons. The van der Waals surface area contributed by atoms with Crippen molar-refractivity contribution in [3.05, 3.63) is 64.1 Å². The van der Waals surface area contributed by atoms with E-state index in [1.165, 1.54) is 16.8 Å². The van der Waals surface area contributed by atoms with Gasteiger partial charge in [0, 0.05) is 55.1 Å². The van der Waals surface area contributed by atoms with Gasteiger partial charge in [0.15, 0.2) is 0 Å². The van der Waals surface area contributed by atoms with Crippen molar-refractivity contribution in [2.45, 2.75) is 18.8 Å². The summed E-state index contributed by atoms with van der Waals surface area (Å²) in [7, 11) is 1.65. The number of aromatic nitrogens is 3. The van der Waals surface area contributed by atoms with Crippen LogP contribution >= 0.6 is 0 Å². The smallest absolute Gasteiger partial charge is 0.254 e. The predicted octanol–water partition coefficient (Wildman–Crippen LogP) is 2.42. The molecule has 7 heteroatoms. The molecule has 26 heavy (non-hydrogen) atoms. The van der Waals surface area contributed by atoms with Gasteiger partial charge < -0.3 is 14.5 Å². The highest BCUT2D eigenvalue weighted by Gasteiger charge is 2.28. The zero-order valence-electron chi connectivity index (χ0n) is 14.4. The molecule has 1 aliphatic rings. The summed E-state index contributed by atoms with van der Waals surface area (Å²) in [5.74, 6) is -0.402. The van der Waals surface area contributed by atoms with Gasteiger partial charge in [-0.05, 0) is 30.9 Å². The van der Waals surface area contributed by atoms with Crippen LogP contribution in [0.1, 0.15) is 34.7 Å². The number of nitrogens with one attached hydrogen (secondary N) is 1. The topological polar surface area (TPSA) is 71.0 Å². The summed E-state index contributed by atoms with van der Waals surface area (Å²) in [6, 6.07) is 4.86. The largest absolute Gasteiger partial charge is 0.346 e. The number of H-pyrrole nitrogens is 1. The Bertz CT molecular complexity index is 1030. The number of fused-ring (bicyclic) bond motifs is 1. The van der Waals surface area contributed by atoms with Gasteiger partial charge in [-0.25, -0.2) is 9.37 Å². The monoisotopic (exact) mass is 354 g/mol. The van der Waals surface area contributed by atoms with Crippen molar-refractivity contribution in [3.63, 3.8) is 0 Å². The van der Waals surface area contributed by atoms with Crippen LogP contribution in [0.5, 0.6) is 0 Å². The molecule has 1 aliphatic heterocycles. The first-order chi connectivity index (χ1) is 12.5. The van der Waals surface area contributed by atoms with E-state index in [2.05, 4.69) is 9.97 Å².